The molecule has 1 aromatic rings. The maximum absolute atomic E-state index is 11.3. The average Bonchev–Trinajstić information content (AvgIpc) is 2.74. The Morgan fingerprint density at radius 3 is 2.88 bits per heavy atom. The number of carbonyl (C=O) groups excluding carboxylic acids is 1. The summed E-state index contributed by atoms with van der Waals surface area (Å²) in [4.78, 5) is 11.3. The molecule has 0 bridgehead atoms. The number of aromatic nitrogens is 2. The largest absolute Gasteiger partial charge is 0.379 e. The quantitative estimate of drug-likeness (QED) is 0.590. The SMILES string of the molecule is NS(=O)(=O)CCOCCNC(=O)c1cnsn1. The summed E-state index contributed by atoms with van der Waals surface area (Å²) in [5.41, 5.74) is 0.250. The maximum Gasteiger partial charge on any atom is 0.272 e. The van der Waals surface area contributed by atoms with E-state index in [-0.39, 0.29) is 37.1 Å². The molecule has 3 N–H and O–H groups in total. The van der Waals surface area contributed by atoms with Crippen molar-refractivity contribution in [3.8, 4) is 0 Å². The summed E-state index contributed by atoms with van der Waals surface area (Å²) in [6, 6.07) is 0. The van der Waals surface area contributed by atoms with Crippen molar-refractivity contribution in [3.05, 3.63) is 11.9 Å². The standard InChI is InChI=1S/C7H12N4O4S2/c8-17(13,14)4-3-15-2-1-9-7(12)6-5-10-16-11-6/h5H,1-4H2,(H,9,12)(H2,8,13,14). The molecule has 0 spiro atoms. The molecule has 1 heterocycles. The number of amides is 1. The lowest BCUT2D eigenvalue weighted by Crippen LogP contribution is -2.28. The van der Waals surface area contributed by atoms with Crippen LogP contribution in [0.25, 0.3) is 0 Å². The van der Waals surface area contributed by atoms with Crippen LogP contribution in [0.3, 0.4) is 0 Å². The molecule has 0 aromatic carbocycles. The molecule has 0 aliphatic carbocycles. The van der Waals surface area contributed by atoms with Crippen molar-refractivity contribution in [1.82, 2.24) is 14.1 Å². The zero-order chi connectivity index (χ0) is 12.7. The molecule has 0 saturated carbocycles. The second-order valence-electron chi connectivity index (χ2n) is 3.03. The molecule has 0 fully saturated rings. The molecule has 0 saturated heterocycles. The van der Waals surface area contributed by atoms with E-state index in [1.165, 1.54) is 6.20 Å². The number of nitrogens with one attached hydrogen (secondary N) is 1. The van der Waals surface area contributed by atoms with Crippen molar-refractivity contribution in [2.24, 2.45) is 5.14 Å². The number of nitrogens with zero attached hydrogens (tertiary/aromatic N) is 2. The van der Waals surface area contributed by atoms with Gasteiger partial charge in [0.05, 0.1) is 36.9 Å². The van der Waals surface area contributed by atoms with Crippen LogP contribution in [0.2, 0.25) is 0 Å². The number of rotatable bonds is 7. The third-order valence-electron chi connectivity index (χ3n) is 1.64. The topological polar surface area (TPSA) is 124 Å². The summed E-state index contributed by atoms with van der Waals surface area (Å²) < 4.78 is 33.5. The normalized spacial score (nSPS) is 11.4. The highest BCUT2D eigenvalue weighted by Crippen LogP contribution is 1.93. The van der Waals surface area contributed by atoms with E-state index >= 15 is 0 Å². The Kier molecular flexibility index (Phi) is 5.41. The van der Waals surface area contributed by atoms with Crippen molar-refractivity contribution in [2.75, 3.05) is 25.5 Å². The minimum absolute atomic E-state index is 0.00691. The van der Waals surface area contributed by atoms with Crippen LogP contribution in [0.15, 0.2) is 6.20 Å². The predicted octanol–water partition coefficient (Wildman–Crippen LogP) is -1.43. The number of carbonyl (C=O) groups is 1. The summed E-state index contributed by atoms with van der Waals surface area (Å²) >= 11 is 0.945. The van der Waals surface area contributed by atoms with Crippen LogP contribution in [-0.4, -0.2) is 48.6 Å². The minimum Gasteiger partial charge on any atom is -0.379 e. The van der Waals surface area contributed by atoms with Gasteiger partial charge in [0, 0.05) is 6.54 Å². The molecule has 96 valence electrons. The fourth-order valence-electron chi connectivity index (χ4n) is 0.869. The zero-order valence-corrected chi connectivity index (χ0v) is 10.5. The molecule has 0 unspecified atom stereocenters. The van der Waals surface area contributed by atoms with E-state index in [0.29, 0.717) is 0 Å². The van der Waals surface area contributed by atoms with Crippen LogP contribution < -0.4 is 10.5 Å². The van der Waals surface area contributed by atoms with Crippen molar-refractivity contribution in [2.45, 2.75) is 0 Å². The van der Waals surface area contributed by atoms with Crippen molar-refractivity contribution in [3.63, 3.8) is 0 Å². The average molecular weight is 280 g/mol. The molecule has 0 atom stereocenters. The van der Waals surface area contributed by atoms with Crippen molar-refractivity contribution in [1.29, 1.82) is 0 Å². The minimum atomic E-state index is -3.49. The highest BCUT2D eigenvalue weighted by Gasteiger charge is 2.07. The third kappa shape index (κ3) is 6.26. The molecular formula is C7H12N4O4S2. The summed E-state index contributed by atoms with van der Waals surface area (Å²) in [6.45, 7) is 0.479. The molecule has 10 heteroatoms. The van der Waals surface area contributed by atoms with E-state index in [1.807, 2.05) is 0 Å². The van der Waals surface area contributed by atoms with Crippen LogP contribution in [-0.2, 0) is 14.8 Å². The van der Waals surface area contributed by atoms with Gasteiger partial charge in [-0.15, -0.1) is 0 Å². The molecule has 0 radical (unpaired) electrons. The molecule has 1 aromatic heterocycles. The number of hydrogen-bond acceptors (Lipinski definition) is 7. The fourth-order valence-corrected chi connectivity index (χ4v) is 1.63. The molecule has 1 amide bonds. The number of hydrogen-bond donors (Lipinski definition) is 2. The van der Waals surface area contributed by atoms with Crippen molar-refractivity contribution < 1.29 is 17.9 Å². The Morgan fingerprint density at radius 1 is 1.53 bits per heavy atom. The van der Waals surface area contributed by atoms with E-state index in [0.717, 1.165) is 11.7 Å². The number of sulfonamides is 1. The van der Waals surface area contributed by atoms with Gasteiger partial charge in [-0.2, -0.15) is 8.75 Å². The van der Waals surface area contributed by atoms with Gasteiger partial charge in [-0.1, -0.05) is 0 Å². The summed E-state index contributed by atoms with van der Waals surface area (Å²) in [5.74, 6) is -0.578. The van der Waals surface area contributed by atoms with Gasteiger partial charge in [0.25, 0.3) is 5.91 Å². The van der Waals surface area contributed by atoms with E-state index in [4.69, 9.17) is 9.88 Å². The van der Waals surface area contributed by atoms with Crippen LogP contribution in [0.1, 0.15) is 10.5 Å². The van der Waals surface area contributed by atoms with E-state index in [2.05, 4.69) is 14.1 Å². The van der Waals surface area contributed by atoms with E-state index < -0.39 is 10.0 Å². The Labute approximate surface area is 103 Å². The van der Waals surface area contributed by atoms with Gasteiger partial charge in [-0.3, -0.25) is 4.79 Å². The third-order valence-corrected chi connectivity index (χ3v) is 2.85. The van der Waals surface area contributed by atoms with Gasteiger partial charge in [-0.05, 0) is 0 Å². The lowest BCUT2D eigenvalue weighted by Gasteiger charge is -2.04. The first-order valence-electron chi connectivity index (χ1n) is 4.63. The van der Waals surface area contributed by atoms with Gasteiger partial charge < -0.3 is 10.1 Å². The highest BCUT2D eigenvalue weighted by atomic mass is 32.2. The van der Waals surface area contributed by atoms with Crippen LogP contribution in [0.4, 0.5) is 0 Å². The molecule has 0 aliphatic heterocycles. The van der Waals surface area contributed by atoms with Crippen LogP contribution in [0, 0.1) is 0 Å². The Bertz CT molecular complexity index is 444. The molecular weight excluding hydrogens is 268 g/mol. The van der Waals surface area contributed by atoms with Gasteiger partial charge >= 0.3 is 0 Å². The van der Waals surface area contributed by atoms with Crippen LogP contribution >= 0.6 is 11.7 Å². The Morgan fingerprint density at radius 2 is 2.29 bits per heavy atom. The summed E-state index contributed by atoms with van der Waals surface area (Å²) in [6.07, 6.45) is 1.36. The number of primary sulfonamides is 1. The maximum atomic E-state index is 11.3. The number of nitrogens with two attached hydrogens (primary N) is 1. The lowest BCUT2D eigenvalue weighted by molar-refractivity contribution is 0.0919. The summed E-state index contributed by atoms with van der Waals surface area (Å²) in [7, 11) is -3.49. The first-order chi connectivity index (χ1) is 7.99. The number of ether oxygens (including phenoxy) is 1. The smallest absolute Gasteiger partial charge is 0.272 e. The molecule has 8 nitrogen and oxygen atoms in total. The molecule has 0 aliphatic rings. The lowest BCUT2D eigenvalue weighted by atomic mass is 10.4. The van der Waals surface area contributed by atoms with Gasteiger partial charge in [-0.25, -0.2) is 13.6 Å². The second-order valence-corrected chi connectivity index (χ2v) is 5.32. The van der Waals surface area contributed by atoms with Crippen LogP contribution in [0.5, 0.6) is 0 Å². The Balaban J connectivity index is 2.07. The summed E-state index contributed by atoms with van der Waals surface area (Å²) in [5, 5.41) is 7.31. The van der Waals surface area contributed by atoms with E-state index in [1.54, 1.807) is 0 Å². The molecule has 1 rings (SSSR count). The second kappa shape index (κ2) is 6.59. The van der Waals surface area contributed by atoms with Crippen molar-refractivity contribution >= 4 is 27.7 Å². The first-order valence-corrected chi connectivity index (χ1v) is 7.07. The van der Waals surface area contributed by atoms with Gasteiger partial charge in [0.2, 0.25) is 10.0 Å². The van der Waals surface area contributed by atoms with Gasteiger partial charge in [0.15, 0.2) is 5.69 Å². The zero-order valence-electron chi connectivity index (χ0n) is 8.83. The monoisotopic (exact) mass is 280 g/mol. The fraction of sp³-hybridized carbons (Fsp3) is 0.571. The Hall–Kier alpha value is -1.10. The predicted molar refractivity (Wildman–Crippen MR) is 61.0 cm³/mol. The highest BCUT2D eigenvalue weighted by molar-refractivity contribution is 7.89. The molecule has 17 heavy (non-hydrogen) atoms. The first kappa shape index (κ1) is 14.0. The van der Waals surface area contributed by atoms with E-state index in [9.17, 15) is 13.2 Å². The van der Waals surface area contributed by atoms with Gasteiger partial charge in [0.1, 0.15) is 0 Å².